The van der Waals surface area contributed by atoms with E-state index in [-0.39, 0.29) is 126 Å². The van der Waals surface area contributed by atoms with Crippen LogP contribution in [0.25, 0.3) is 0 Å². The third-order valence-electron chi connectivity index (χ3n) is 0. The molecule has 0 atom stereocenters. The number of rotatable bonds is 0. The molecule has 0 aromatic heterocycles. The minimum absolute atomic E-state index is 0. The van der Waals surface area contributed by atoms with Gasteiger partial charge in [-0.05, 0) is 0 Å². The first-order chi connectivity index (χ1) is 0. The van der Waals surface area contributed by atoms with Gasteiger partial charge in [0.15, 0.2) is 0 Å². The molecule has 52 valence electrons. The third-order valence-corrected chi connectivity index (χ3v) is 0. The molecule has 0 spiro atoms. The van der Waals surface area contributed by atoms with Crippen LogP contribution in [-0.4, -0.2) is 48.9 Å². The molecule has 0 unspecified atom stereocenters. The molecule has 0 nitrogen and oxygen atoms in total. The molecule has 0 bridgehead atoms. The Morgan fingerprint density at radius 1 is 0.500 bits per heavy atom. The first-order valence-electron chi connectivity index (χ1n) is 0. The Morgan fingerprint density at radius 3 is 0.500 bits per heavy atom. The molecular weight excluding hydrogens is 403 g/mol. The largest absolute Gasteiger partial charge is 3.00 e. The SMILES string of the molecule is F.[Ba+2].[Eu+3].[F-].[F-].[F-].[F-].[F-]. The zero-order valence-corrected chi connectivity index (χ0v) is 10.2. The Hall–Kier alpha value is 2.74. The van der Waals surface area contributed by atoms with Gasteiger partial charge in [0.2, 0.25) is 0 Å². The summed E-state index contributed by atoms with van der Waals surface area (Å²) in [5.74, 6) is 0. The van der Waals surface area contributed by atoms with E-state index >= 15 is 0 Å². The van der Waals surface area contributed by atoms with E-state index < -0.39 is 0 Å². The molecule has 0 aliphatic carbocycles. The summed E-state index contributed by atoms with van der Waals surface area (Å²) in [6.07, 6.45) is 0. The van der Waals surface area contributed by atoms with Crippen molar-refractivity contribution in [1.82, 2.24) is 0 Å². The van der Waals surface area contributed by atoms with E-state index in [9.17, 15) is 0 Å². The molecule has 0 saturated carbocycles. The minimum atomic E-state index is 0. The molecular formula is HBaEuF6. The van der Waals surface area contributed by atoms with Crippen LogP contribution in [0.15, 0.2) is 0 Å². The Labute approximate surface area is 123 Å². The predicted molar refractivity (Wildman–Crippen MR) is 8.26 cm³/mol. The molecule has 0 aliphatic heterocycles. The van der Waals surface area contributed by atoms with E-state index in [0.717, 1.165) is 0 Å². The van der Waals surface area contributed by atoms with Gasteiger partial charge < -0.3 is 23.5 Å². The van der Waals surface area contributed by atoms with Gasteiger partial charge in [-0.15, -0.1) is 0 Å². The van der Waals surface area contributed by atoms with Crippen LogP contribution in [0.1, 0.15) is 0 Å². The molecule has 0 N–H and O–H groups in total. The second kappa shape index (κ2) is 99.3. The summed E-state index contributed by atoms with van der Waals surface area (Å²) in [4.78, 5) is 0. The predicted octanol–water partition coefficient (Wildman–Crippen LogP) is -15.2. The van der Waals surface area contributed by atoms with Crippen molar-refractivity contribution in [2.24, 2.45) is 0 Å². The van der Waals surface area contributed by atoms with Gasteiger partial charge >= 0.3 is 98.3 Å². The van der Waals surface area contributed by atoms with Crippen molar-refractivity contribution in [2.45, 2.75) is 0 Å². The molecule has 0 saturated heterocycles. The fourth-order valence-corrected chi connectivity index (χ4v) is 0. The number of halogens is 6. The van der Waals surface area contributed by atoms with Crippen molar-refractivity contribution in [3.8, 4) is 0 Å². The quantitative estimate of drug-likeness (QED) is 0.278. The maximum absolute atomic E-state index is 0. The fourth-order valence-electron chi connectivity index (χ4n) is 0. The second-order valence-electron chi connectivity index (χ2n) is 0. The average Bonchev–Trinajstić information content (AvgIpc) is 0. The molecule has 0 aromatic carbocycles. The van der Waals surface area contributed by atoms with E-state index in [0.29, 0.717) is 0 Å². The molecule has 0 rings (SSSR count). The Balaban J connectivity index is 0. The van der Waals surface area contributed by atoms with E-state index in [1.807, 2.05) is 0 Å². The average molecular weight is 404 g/mol. The molecule has 0 radical (unpaired) electrons. The Morgan fingerprint density at radius 2 is 0.500 bits per heavy atom. The molecule has 0 amide bonds. The van der Waals surface area contributed by atoms with Crippen LogP contribution in [-0.2, 0) is 0 Å². The van der Waals surface area contributed by atoms with Crippen molar-refractivity contribution in [3.05, 3.63) is 0 Å². The van der Waals surface area contributed by atoms with Crippen LogP contribution in [0.3, 0.4) is 0 Å². The maximum Gasteiger partial charge on any atom is 3.00 e. The minimum Gasteiger partial charge on any atom is -1.00 e. The Kier molecular flexibility index (Phi) is 1690. The maximum atomic E-state index is 0. The van der Waals surface area contributed by atoms with Gasteiger partial charge in [-0.3, -0.25) is 4.70 Å². The summed E-state index contributed by atoms with van der Waals surface area (Å²) >= 11 is 0. The normalized spacial score (nSPS) is 0. The smallest absolute Gasteiger partial charge is 1.00 e. The second-order valence-corrected chi connectivity index (χ2v) is 0. The fraction of sp³-hybridized carbons (Fsp3) is 0. The van der Waals surface area contributed by atoms with Crippen molar-refractivity contribution in [2.75, 3.05) is 0 Å². The summed E-state index contributed by atoms with van der Waals surface area (Å²) < 4.78 is 0. The van der Waals surface area contributed by atoms with Crippen molar-refractivity contribution in [1.29, 1.82) is 0 Å². The molecule has 0 aromatic rings. The number of hydrogen-bond acceptors (Lipinski definition) is 0. The van der Waals surface area contributed by atoms with Crippen LogP contribution in [0.5, 0.6) is 0 Å². The monoisotopic (exact) mass is 406 g/mol. The molecule has 0 fully saturated rings. The molecule has 0 heterocycles. The number of hydrogen-bond donors (Lipinski definition) is 0. The first kappa shape index (κ1) is 136. The molecule has 8 heavy (non-hydrogen) atoms. The van der Waals surface area contributed by atoms with Crippen LogP contribution in [0.4, 0.5) is 4.70 Å². The molecule has 0 aliphatic rings. The van der Waals surface area contributed by atoms with Gasteiger partial charge in [-0.2, -0.15) is 0 Å². The van der Waals surface area contributed by atoms with Gasteiger partial charge in [-0.25, -0.2) is 0 Å². The molecule has 8 heteroatoms. The third kappa shape index (κ3) is 69.8. The van der Waals surface area contributed by atoms with Gasteiger partial charge in [0.25, 0.3) is 0 Å². The van der Waals surface area contributed by atoms with E-state index in [4.69, 9.17) is 0 Å². The van der Waals surface area contributed by atoms with Crippen LogP contribution >= 0.6 is 0 Å². The van der Waals surface area contributed by atoms with Crippen molar-refractivity contribution < 1.29 is 77.6 Å². The zero-order chi connectivity index (χ0) is 0. The van der Waals surface area contributed by atoms with Crippen molar-refractivity contribution in [3.63, 3.8) is 0 Å². The van der Waals surface area contributed by atoms with E-state index in [2.05, 4.69) is 0 Å². The van der Waals surface area contributed by atoms with E-state index in [1.54, 1.807) is 0 Å². The summed E-state index contributed by atoms with van der Waals surface area (Å²) in [7, 11) is 0. The van der Waals surface area contributed by atoms with Gasteiger partial charge in [-0.1, -0.05) is 0 Å². The van der Waals surface area contributed by atoms with Crippen LogP contribution in [0, 0.1) is 49.4 Å². The summed E-state index contributed by atoms with van der Waals surface area (Å²) in [6, 6.07) is 0. The Bertz CT molecular complexity index is 8.49. The summed E-state index contributed by atoms with van der Waals surface area (Å²) in [5, 5.41) is 0. The topological polar surface area (TPSA) is 0 Å². The zero-order valence-electron chi connectivity index (χ0n) is 3.38. The van der Waals surface area contributed by atoms with Crippen LogP contribution in [0.2, 0.25) is 0 Å². The standard InChI is InChI=1S/Ba.Eu.6FH/h;;6*1H/q+2;+3;;;;;;/p-5. The van der Waals surface area contributed by atoms with Crippen LogP contribution < -0.4 is 23.5 Å². The van der Waals surface area contributed by atoms with Gasteiger partial charge in [0.1, 0.15) is 0 Å². The van der Waals surface area contributed by atoms with Gasteiger partial charge in [0.05, 0.1) is 0 Å². The first-order valence-corrected chi connectivity index (χ1v) is 0. The summed E-state index contributed by atoms with van der Waals surface area (Å²) in [5.41, 5.74) is 0. The van der Waals surface area contributed by atoms with Gasteiger partial charge in [0, 0.05) is 0 Å². The van der Waals surface area contributed by atoms with Crippen molar-refractivity contribution >= 4 is 48.9 Å². The summed E-state index contributed by atoms with van der Waals surface area (Å²) in [6.45, 7) is 0. The van der Waals surface area contributed by atoms with E-state index in [1.165, 1.54) is 0 Å².